The molecule has 0 atom stereocenters. The Kier molecular flexibility index (Phi) is 6.93. The van der Waals surface area contributed by atoms with E-state index in [1.54, 1.807) is 0 Å². The molecule has 0 saturated carbocycles. The first kappa shape index (κ1) is 14.9. The molecule has 1 aromatic rings. The van der Waals surface area contributed by atoms with Crippen molar-refractivity contribution < 1.29 is 13.2 Å². The molecule has 1 rings (SSSR count). The fraction of sp³-hybridized carbons (Fsp3) is 0.143. The Bertz CT molecular complexity index is 271. The minimum atomic E-state index is -4.19. The molecule has 0 radical (unpaired) electrons. The molecule has 0 heterocycles. The van der Waals surface area contributed by atoms with E-state index in [0.29, 0.717) is 0 Å². The second kappa shape index (κ2) is 6.50. The van der Waals surface area contributed by atoms with Crippen LogP contribution in [0.1, 0.15) is 0 Å². The largest absolute Gasteiger partial charge is 0.448 e. The average molecular weight is 464 g/mol. The van der Waals surface area contributed by atoms with Crippen molar-refractivity contribution in [1.29, 1.82) is 0 Å². The summed E-state index contributed by atoms with van der Waals surface area (Å²) in [5, 5.41) is -4.19. The fourth-order valence-electron chi connectivity index (χ4n) is 0.477. The summed E-state index contributed by atoms with van der Waals surface area (Å²) in [6, 6.07) is 5.93. The minimum absolute atomic E-state index is 1.06. The van der Waals surface area contributed by atoms with Gasteiger partial charge in [-0.2, -0.15) is 13.2 Å². The van der Waals surface area contributed by atoms with Gasteiger partial charge >= 0.3 is 5.09 Å². The lowest BCUT2D eigenvalue weighted by atomic mass is 10.4. The topological polar surface area (TPSA) is 0 Å². The molecule has 80 valence electrons. The zero-order valence-corrected chi connectivity index (χ0v) is 12.7. The van der Waals surface area contributed by atoms with Crippen LogP contribution in [0.4, 0.5) is 13.2 Å². The van der Waals surface area contributed by atoms with Gasteiger partial charge in [-0.05, 0) is 59.9 Å². The van der Waals surface area contributed by atoms with E-state index < -0.39 is 5.09 Å². The molecule has 0 aliphatic rings. The van der Waals surface area contributed by atoms with Gasteiger partial charge < -0.3 is 0 Å². The quantitative estimate of drug-likeness (QED) is 0.333. The van der Waals surface area contributed by atoms with Crippen molar-refractivity contribution in [2.75, 3.05) is 0 Å². The number of halogens is 7. The van der Waals surface area contributed by atoms with Crippen molar-refractivity contribution in [3.8, 4) is 0 Å². The first-order chi connectivity index (χ1) is 6.22. The molecule has 14 heavy (non-hydrogen) atoms. The number of rotatable bonds is 0. The molecule has 0 aromatic heterocycles. The third-order valence-corrected chi connectivity index (χ3v) is 4.14. The van der Waals surface area contributed by atoms with Gasteiger partial charge in [-0.3, -0.25) is 0 Å². The Hall–Kier alpha value is 0.930. The maximum Gasteiger partial charge on any atom is 0.448 e. The molecule has 0 saturated heterocycles. The van der Waals surface area contributed by atoms with E-state index in [9.17, 15) is 13.2 Å². The van der Waals surface area contributed by atoms with Gasteiger partial charge in [0.25, 0.3) is 0 Å². The predicted octanol–water partition coefficient (Wildman–Crippen LogP) is 5.88. The Morgan fingerprint density at radius 2 is 1.21 bits per heavy atom. The molecule has 0 bridgehead atoms. The molecule has 7 heteroatoms. The summed E-state index contributed by atoms with van der Waals surface area (Å²) in [5.74, 6) is 0. The van der Waals surface area contributed by atoms with Crippen LogP contribution in [0.2, 0.25) is 0 Å². The zero-order chi connectivity index (χ0) is 11.4. The minimum Gasteiger partial charge on any atom is -0.160 e. The van der Waals surface area contributed by atoms with Crippen molar-refractivity contribution in [3.05, 3.63) is 31.6 Å². The number of benzene rings is 1. The van der Waals surface area contributed by atoms with Gasteiger partial charge in [0, 0.05) is 29.3 Å². The Morgan fingerprint density at radius 1 is 0.929 bits per heavy atom. The normalized spacial score (nSPS) is 10.5. The molecule has 1 aromatic carbocycles. The van der Waals surface area contributed by atoms with Gasteiger partial charge in [0.05, 0.1) is 0 Å². The third kappa shape index (κ3) is 8.26. The molecule has 0 unspecified atom stereocenters. The van der Waals surface area contributed by atoms with E-state index in [-0.39, 0.29) is 0 Å². The van der Waals surface area contributed by atoms with E-state index in [2.05, 4.69) is 47.8 Å². The molecule has 0 fully saturated rings. The van der Waals surface area contributed by atoms with Crippen LogP contribution in [0.3, 0.4) is 0 Å². The first-order valence-corrected chi connectivity index (χ1v) is 6.24. The molecular formula is C7H3Br4F3. The van der Waals surface area contributed by atoms with Gasteiger partial charge in [0.2, 0.25) is 0 Å². The monoisotopic (exact) mass is 460 g/mol. The van der Waals surface area contributed by atoms with Crippen LogP contribution >= 0.6 is 63.7 Å². The van der Waals surface area contributed by atoms with Crippen molar-refractivity contribution in [2.45, 2.75) is 5.09 Å². The van der Waals surface area contributed by atoms with Crippen LogP contribution in [0.5, 0.6) is 0 Å². The lowest BCUT2D eigenvalue weighted by Crippen LogP contribution is -1.88. The average Bonchev–Trinajstić information content (AvgIpc) is 1.97. The van der Waals surface area contributed by atoms with Crippen LogP contribution < -0.4 is 0 Å². The van der Waals surface area contributed by atoms with E-state index in [1.807, 2.05) is 18.2 Å². The van der Waals surface area contributed by atoms with Gasteiger partial charge in [-0.1, -0.05) is 6.07 Å². The summed E-state index contributed by atoms with van der Waals surface area (Å²) in [7, 11) is 0. The van der Waals surface area contributed by atoms with Gasteiger partial charge in [0.15, 0.2) is 0 Å². The molecular weight excluding hydrogens is 461 g/mol. The summed E-state index contributed by atoms with van der Waals surface area (Å²) < 4.78 is 34.0. The summed E-state index contributed by atoms with van der Waals surface area (Å²) in [6.45, 7) is 0. The Labute approximate surface area is 113 Å². The summed E-state index contributed by atoms with van der Waals surface area (Å²) in [5.41, 5.74) is 0. The summed E-state index contributed by atoms with van der Waals surface area (Å²) >= 11 is 11.5. The highest BCUT2D eigenvalue weighted by atomic mass is 79.9. The molecule has 0 aliphatic heterocycles. The van der Waals surface area contributed by atoms with Gasteiger partial charge in [0.1, 0.15) is 0 Å². The fourth-order valence-corrected chi connectivity index (χ4v) is 1.74. The highest BCUT2D eigenvalue weighted by Crippen LogP contribution is 2.29. The van der Waals surface area contributed by atoms with Crippen molar-refractivity contribution in [1.82, 2.24) is 0 Å². The van der Waals surface area contributed by atoms with Crippen LogP contribution in [-0.4, -0.2) is 5.09 Å². The first-order valence-electron chi connectivity index (χ1n) is 3.07. The van der Waals surface area contributed by atoms with E-state index in [1.165, 1.54) is 15.9 Å². The highest BCUT2D eigenvalue weighted by Gasteiger charge is 2.19. The highest BCUT2D eigenvalue weighted by molar-refractivity contribution is 9.14. The summed E-state index contributed by atoms with van der Waals surface area (Å²) in [4.78, 5) is 0. The second-order valence-corrected chi connectivity index (χ2v) is 5.37. The maximum atomic E-state index is 10.3. The molecule has 0 N–H and O–H groups in total. The van der Waals surface area contributed by atoms with Crippen LogP contribution in [0, 0.1) is 0 Å². The second-order valence-electron chi connectivity index (χ2n) is 1.96. The van der Waals surface area contributed by atoms with Crippen molar-refractivity contribution in [3.63, 3.8) is 0 Å². The lowest BCUT2D eigenvalue weighted by Gasteiger charge is -1.95. The molecule has 0 amide bonds. The van der Waals surface area contributed by atoms with Crippen LogP contribution in [0.15, 0.2) is 31.6 Å². The molecule has 0 spiro atoms. The standard InChI is InChI=1S/C6H3Br3.CBrF3/c7-4-2-1-3-5(8)6(4)9;2-1(3,4)5/h1-3H;. The number of alkyl halides is 4. The van der Waals surface area contributed by atoms with Gasteiger partial charge in [-0.25, -0.2) is 0 Å². The Balaban J connectivity index is 0.000000292. The summed E-state index contributed by atoms with van der Waals surface area (Å²) in [6.07, 6.45) is 0. The lowest BCUT2D eigenvalue weighted by molar-refractivity contribution is -0.0245. The third-order valence-electron chi connectivity index (χ3n) is 0.904. The van der Waals surface area contributed by atoms with Crippen LogP contribution in [-0.2, 0) is 0 Å². The number of hydrogen-bond donors (Lipinski definition) is 0. The molecule has 0 aliphatic carbocycles. The van der Waals surface area contributed by atoms with Crippen molar-refractivity contribution >= 4 is 63.7 Å². The SMILES string of the molecule is Brc1cccc(Br)c1Br.FC(F)(F)Br. The van der Waals surface area contributed by atoms with E-state index in [4.69, 9.17) is 0 Å². The van der Waals surface area contributed by atoms with E-state index >= 15 is 0 Å². The van der Waals surface area contributed by atoms with Crippen LogP contribution in [0.25, 0.3) is 0 Å². The van der Waals surface area contributed by atoms with E-state index in [0.717, 1.165) is 13.4 Å². The Morgan fingerprint density at radius 3 is 1.43 bits per heavy atom. The zero-order valence-electron chi connectivity index (χ0n) is 6.38. The maximum absolute atomic E-state index is 10.3. The smallest absolute Gasteiger partial charge is 0.160 e. The van der Waals surface area contributed by atoms with Gasteiger partial charge in [-0.15, -0.1) is 0 Å². The number of hydrogen-bond acceptors (Lipinski definition) is 0. The van der Waals surface area contributed by atoms with Crippen molar-refractivity contribution in [2.24, 2.45) is 0 Å². The molecule has 0 nitrogen and oxygen atoms in total. The predicted molar refractivity (Wildman–Crippen MR) is 64.5 cm³/mol.